The summed E-state index contributed by atoms with van der Waals surface area (Å²) in [6.45, 7) is 0. The molecule has 0 bridgehead atoms. The summed E-state index contributed by atoms with van der Waals surface area (Å²) in [5.74, 6) is 0. The Morgan fingerprint density at radius 3 is 1.52 bits per heavy atom. The predicted molar refractivity (Wildman–Crippen MR) is 116 cm³/mol. The average molecular weight is 423 g/mol. The normalized spacial score (nSPS) is 14.8. The van der Waals surface area contributed by atoms with Gasteiger partial charge in [0, 0.05) is 11.1 Å². The second-order valence-electron chi connectivity index (χ2n) is 4.85. The Bertz CT molecular complexity index is 724. The van der Waals surface area contributed by atoms with Crippen molar-refractivity contribution in [2.75, 3.05) is 6.26 Å². The third-order valence-electron chi connectivity index (χ3n) is 3.16. The van der Waals surface area contributed by atoms with Gasteiger partial charge in [-0.15, -0.1) is 11.8 Å². The maximum absolute atomic E-state index is 12.5. The summed E-state index contributed by atoms with van der Waals surface area (Å²) in [5, 5.41) is 0.0198. The Labute approximate surface area is 168 Å². The molecule has 1 aliphatic heterocycles. The van der Waals surface area contributed by atoms with E-state index < -0.39 is 0 Å². The van der Waals surface area contributed by atoms with Crippen molar-refractivity contribution in [1.29, 1.82) is 0 Å². The lowest BCUT2D eigenvalue weighted by molar-refractivity contribution is 0.108. The zero-order valence-corrected chi connectivity index (χ0v) is 17.3. The topological polar surface area (TPSA) is 34.1 Å². The predicted octanol–water partition coefficient (Wildman–Crippen LogP) is 6.39. The molecule has 7 heteroatoms. The number of benzene rings is 2. The number of hydrogen-bond donors (Lipinski definition) is 0. The number of carbonyl (C=O) groups is 2. The molecule has 0 fully saturated rings. The van der Waals surface area contributed by atoms with Crippen LogP contribution in [0.1, 0.15) is 20.7 Å². The van der Waals surface area contributed by atoms with Crippen LogP contribution in [-0.2, 0) is 0 Å². The molecule has 128 valence electrons. The molecule has 25 heavy (non-hydrogen) atoms. The van der Waals surface area contributed by atoms with Gasteiger partial charge in [0.05, 0.1) is 8.47 Å². The average Bonchev–Trinajstić information content (AvgIpc) is 3.04. The third kappa shape index (κ3) is 5.14. The van der Waals surface area contributed by atoms with Crippen molar-refractivity contribution in [2.45, 2.75) is 3.91 Å². The second kappa shape index (κ2) is 9.28. The Morgan fingerprint density at radius 2 is 1.16 bits per heavy atom. The zero-order valence-electron chi connectivity index (χ0n) is 13.2. The Balaban J connectivity index is 1.76. The molecule has 0 spiro atoms. The van der Waals surface area contributed by atoms with Crippen LogP contribution < -0.4 is 0 Å². The second-order valence-corrected chi connectivity index (χ2v) is 11.4. The van der Waals surface area contributed by atoms with E-state index in [0.29, 0.717) is 11.1 Å². The van der Waals surface area contributed by atoms with Gasteiger partial charge in [-0.3, -0.25) is 9.59 Å². The molecule has 0 saturated carbocycles. The van der Waals surface area contributed by atoms with Gasteiger partial charge in [0.2, 0.25) is 10.2 Å². The summed E-state index contributed by atoms with van der Waals surface area (Å²) in [5.41, 5.74) is 1.36. The SMILES string of the molecule is CSC1SC(SC(=O)c2ccccc2)=C(SC(=O)c2ccccc2)S1. The van der Waals surface area contributed by atoms with E-state index in [0.717, 1.165) is 8.47 Å². The molecule has 2 nitrogen and oxygen atoms in total. The van der Waals surface area contributed by atoms with E-state index in [1.165, 1.54) is 23.5 Å². The fourth-order valence-electron chi connectivity index (χ4n) is 1.96. The van der Waals surface area contributed by atoms with Gasteiger partial charge >= 0.3 is 0 Å². The molecule has 0 N–H and O–H groups in total. The van der Waals surface area contributed by atoms with Crippen LogP contribution in [0.5, 0.6) is 0 Å². The highest BCUT2D eigenvalue weighted by atomic mass is 32.3. The minimum absolute atomic E-state index is 0.00992. The van der Waals surface area contributed by atoms with Crippen LogP contribution in [0, 0.1) is 0 Å². The molecular formula is C18H14O2S5. The summed E-state index contributed by atoms with van der Waals surface area (Å²) < 4.78 is 2.12. The van der Waals surface area contributed by atoms with E-state index in [1.54, 1.807) is 35.3 Å². The number of carbonyl (C=O) groups excluding carboxylic acids is 2. The summed E-state index contributed by atoms with van der Waals surface area (Å²) >= 11 is 7.47. The highest BCUT2D eigenvalue weighted by Crippen LogP contribution is 2.58. The van der Waals surface area contributed by atoms with Crippen molar-refractivity contribution in [3.05, 3.63) is 80.3 Å². The van der Waals surface area contributed by atoms with Gasteiger partial charge < -0.3 is 0 Å². The largest absolute Gasteiger partial charge is 0.281 e. The Hall–Kier alpha value is -0.730. The van der Waals surface area contributed by atoms with Gasteiger partial charge in [-0.05, 0) is 29.8 Å². The van der Waals surface area contributed by atoms with E-state index in [2.05, 4.69) is 0 Å². The van der Waals surface area contributed by atoms with Crippen molar-refractivity contribution in [3.8, 4) is 0 Å². The van der Waals surface area contributed by atoms with Crippen LogP contribution in [0.3, 0.4) is 0 Å². The molecule has 1 aliphatic rings. The molecular weight excluding hydrogens is 409 g/mol. The quantitative estimate of drug-likeness (QED) is 0.552. The van der Waals surface area contributed by atoms with Gasteiger partial charge in [0.1, 0.15) is 3.91 Å². The monoisotopic (exact) mass is 422 g/mol. The highest BCUT2D eigenvalue weighted by molar-refractivity contribution is 8.47. The van der Waals surface area contributed by atoms with Gasteiger partial charge in [-0.25, -0.2) is 0 Å². The summed E-state index contributed by atoms with van der Waals surface area (Å²) in [4.78, 5) is 25.0. The molecule has 0 atom stereocenters. The van der Waals surface area contributed by atoms with Gasteiger partial charge in [-0.1, -0.05) is 84.2 Å². The van der Waals surface area contributed by atoms with E-state index >= 15 is 0 Å². The molecule has 0 aromatic heterocycles. The van der Waals surface area contributed by atoms with Crippen molar-refractivity contribution in [2.24, 2.45) is 0 Å². The fourth-order valence-corrected chi connectivity index (χ4v) is 8.85. The highest BCUT2D eigenvalue weighted by Gasteiger charge is 2.30. The van der Waals surface area contributed by atoms with Crippen LogP contribution in [-0.4, -0.2) is 20.4 Å². The number of rotatable bonds is 5. The van der Waals surface area contributed by atoms with E-state index in [-0.39, 0.29) is 14.1 Å². The van der Waals surface area contributed by atoms with Gasteiger partial charge in [0.25, 0.3) is 0 Å². The molecule has 0 aliphatic carbocycles. The molecule has 2 aromatic rings. The van der Waals surface area contributed by atoms with Gasteiger partial charge in [-0.2, -0.15) is 0 Å². The maximum atomic E-state index is 12.5. The van der Waals surface area contributed by atoms with Crippen LogP contribution in [0.15, 0.2) is 69.1 Å². The standard InChI is InChI=1S/C18H14O2S5/c1-21-18-24-16(22-14(19)12-8-4-2-5-9-12)17(25-18)23-15(20)13-10-6-3-7-11-13/h2-11,18H,1H3. The molecule has 0 amide bonds. The van der Waals surface area contributed by atoms with Crippen molar-refractivity contribution < 1.29 is 9.59 Å². The molecule has 2 aromatic carbocycles. The van der Waals surface area contributed by atoms with Crippen LogP contribution in [0.4, 0.5) is 0 Å². The molecule has 1 heterocycles. The lowest BCUT2D eigenvalue weighted by Gasteiger charge is -2.04. The molecule has 0 radical (unpaired) electrons. The van der Waals surface area contributed by atoms with E-state index in [9.17, 15) is 9.59 Å². The smallest absolute Gasteiger partial charge is 0.224 e. The van der Waals surface area contributed by atoms with Crippen molar-refractivity contribution >= 4 is 69.0 Å². The molecule has 3 rings (SSSR count). The van der Waals surface area contributed by atoms with Crippen molar-refractivity contribution in [3.63, 3.8) is 0 Å². The molecule has 0 unspecified atom stereocenters. The Kier molecular flexibility index (Phi) is 7.07. The summed E-state index contributed by atoms with van der Waals surface area (Å²) in [6, 6.07) is 18.5. The first kappa shape index (κ1) is 19.0. The van der Waals surface area contributed by atoms with E-state index in [1.807, 2.05) is 66.9 Å². The lowest BCUT2D eigenvalue weighted by Crippen LogP contribution is -1.94. The molecule has 0 saturated heterocycles. The summed E-state index contributed by atoms with van der Waals surface area (Å²) in [6.07, 6.45) is 2.04. The number of hydrogen-bond acceptors (Lipinski definition) is 7. The first-order valence-corrected chi connectivity index (χ1v) is 12.0. The van der Waals surface area contributed by atoms with Crippen LogP contribution >= 0.6 is 58.8 Å². The lowest BCUT2D eigenvalue weighted by atomic mass is 10.2. The minimum atomic E-state index is 0.00992. The summed E-state index contributed by atoms with van der Waals surface area (Å²) in [7, 11) is 0. The van der Waals surface area contributed by atoms with Crippen molar-refractivity contribution in [1.82, 2.24) is 0 Å². The maximum Gasteiger partial charge on any atom is 0.224 e. The van der Waals surface area contributed by atoms with E-state index in [4.69, 9.17) is 0 Å². The first-order chi connectivity index (χ1) is 12.2. The Morgan fingerprint density at radius 1 is 0.760 bits per heavy atom. The minimum Gasteiger partial charge on any atom is -0.281 e. The van der Waals surface area contributed by atoms with Crippen LogP contribution in [0.2, 0.25) is 0 Å². The zero-order chi connectivity index (χ0) is 17.6. The third-order valence-corrected chi connectivity index (χ3v) is 10.3. The number of thioether (sulfide) groups is 5. The fraction of sp³-hybridized carbons (Fsp3) is 0.111. The first-order valence-electron chi connectivity index (χ1n) is 7.32. The van der Waals surface area contributed by atoms with Crippen LogP contribution in [0.25, 0.3) is 0 Å². The van der Waals surface area contributed by atoms with Gasteiger partial charge in [0.15, 0.2) is 0 Å².